The van der Waals surface area contributed by atoms with Gasteiger partial charge in [-0.1, -0.05) is 5.06 Å². The summed E-state index contributed by atoms with van der Waals surface area (Å²) < 4.78 is 10.6. The van der Waals surface area contributed by atoms with E-state index in [0.717, 1.165) is 19.4 Å². The van der Waals surface area contributed by atoms with Gasteiger partial charge in [0.25, 0.3) is 11.8 Å². The van der Waals surface area contributed by atoms with Crippen LogP contribution in [0.1, 0.15) is 32.1 Å². The molecule has 0 aromatic rings. The lowest BCUT2D eigenvalue weighted by Gasteiger charge is -2.16. The third kappa shape index (κ3) is 2.42. The molecule has 0 bridgehead atoms. The van der Waals surface area contributed by atoms with Gasteiger partial charge < -0.3 is 9.47 Å². The van der Waals surface area contributed by atoms with Gasteiger partial charge in [0.15, 0.2) is 0 Å². The monoisotopic (exact) mass is 269 g/mol. The molecule has 0 spiro atoms. The summed E-state index contributed by atoms with van der Waals surface area (Å²) in [7, 11) is 0. The van der Waals surface area contributed by atoms with Crippen LogP contribution in [0.15, 0.2) is 0 Å². The van der Waals surface area contributed by atoms with E-state index in [-0.39, 0.29) is 25.0 Å². The van der Waals surface area contributed by atoms with Crippen molar-refractivity contribution in [3.63, 3.8) is 0 Å². The summed E-state index contributed by atoms with van der Waals surface area (Å²) in [5.41, 5.74) is 0. The molecule has 1 unspecified atom stereocenters. The highest BCUT2D eigenvalue weighted by atomic mass is 16.8. The summed E-state index contributed by atoms with van der Waals surface area (Å²) in [6.45, 7) is 0.767. The van der Waals surface area contributed by atoms with E-state index < -0.39 is 18.0 Å². The molecular formula is C12H15NO6. The maximum Gasteiger partial charge on any atom is 0.534 e. The average molecular weight is 269 g/mol. The van der Waals surface area contributed by atoms with Crippen molar-refractivity contribution < 1.29 is 28.7 Å². The maximum absolute atomic E-state index is 11.5. The van der Waals surface area contributed by atoms with E-state index in [1.807, 2.05) is 0 Å². The zero-order chi connectivity index (χ0) is 13.4. The zero-order valence-corrected chi connectivity index (χ0v) is 10.4. The van der Waals surface area contributed by atoms with Gasteiger partial charge in [0.05, 0.1) is 6.10 Å². The summed E-state index contributed by atoms with van der Waals surface area (Å²) in [6.07, 6.45) is 1.46. The minimum absolute atomic E-state index is 0.0769. The number of carbonyl (C=O) groups is 3. The van der Waals surface area contributed by atoms with Crippen molar-refractivity contribution in [2.75, 3.05) is 6.61 Å². The summed E-state index contributed by atoms with van der Waals surface area (Å²) in [5.74, 6) is -0.574. The molecule has 0 aromatic carbocycles. The lowest BCUT2D eigenvalue weighted by molar-refractivity contribution is -0.178. The van der Waals surface area contributed by atoms with Crippen molar-refractivity contribution in [2.45, 2.75) is 44.3 Å². The first-order chi connectivity index (χ1) is 9.13. The van der Waals surface area contributed by atoms with Gasteiger partial charge in [-0.3, -0.25) is 14.4 Å². The van der Waals surface area contributed by atoms with Crippen LogP contribution in [0.25, 0.3) is 0 Å². The fraction of sp³-hybridized carbons (Fsp3) is 0.750. The first kappa shape index (κ1) is 12.4. The molecule has 3 atom stereocenters. The Morgan fingerprint density at radius 1 is 1.21 bits per heavy atom. The van der Waals surface area contributed by atoms with Gasteiger partial charge in [0, 0.05) is 25.9 Å². The lowest BCUT2D eigenvalue weighted by Crippen LogP contribution is -2.33. The number of hydrogen-bond donors (Lipinski definition) is 0. The first-order valence-corrected chi connectivity index (χ1v) is 6.49. The topological polar surface area (TPSA) is 82.1 Å². The van der Waals surface area contributed by atoms with E-state index in [2.05, 4.69) is 4.84 Å². The van der Waals surface area contributed by atoms with Crippen LogP contribution in [0.3, 0.4) is 0 Å². The Balaban J connectivity index is 1.49. The second-order valence-corrected chi connectivity index (χ2v) is 5.09. The third-order valence-electron chi connectivity index (χ3n) is 3.84. The van der Waals surface area contributed by atoms with E-state index in [0.29, 0.717) is 17.4 Å². The Kier molecular flexibility index (Phi) is 3.14. The van der Waals surface area contributed by atoms with Gasteiger partial charge in [-0.25, -0.2) is 4.79 Å². The standard InChI is InChI=1S/C12H15NO6/c14-10-1-2-11(15)13(10)19-12(16)18-8-5-7-3-4-17-9(7)6-8/h7-9H,1-6H2/t7?,8-,9-/m1/s1. The Hall–Kier alpha value is -1.63. The Bertz CT molecular complexity index is 394. The molecule has 1 aliphatic carbocycles. The molecule has 7 nitrogen and oxygen atoms in total. The lowest BCUT2D eigenvalue weighted by atomic mass is 10.1. The second kappa shape index (κ2) is 4.80. The predicted octanol–water partition coefficient (Wildman–Crippen LogP) is 0.771. The number of fused-ring (bicyclic) bond motifs is 1. The van der Waals surface area contributed by atoms with Crippen LogP contribution in [-0.4, -0.2) is 41.8 Å². The first-order valence-electron chi connectivity index (χ1n) is 6.49. The van der Waals surface area contributed by atoms with Gasteiger partial charge in [0.2, 0.25) is 0 Å². The van der Waals surface area contributed by atoms with Gasteiger partial charge >= 0.3 is 6.16 Å². The van der Waals surface area contributed by atoms with Crippen LogP contribution in [0.2, 0.25) is 0 Å². The smallest absolute Gasteiger partial charge is 0.429 e. The molecule has 7 heteroatoms. The van der Waals surface area contributed by atoms with Crippen molar-refractivity contribution in [1.82, 2.24) is 5.06 Å². The van der Waals surface area contributed by atoms with Gasteiger partial charge in [-0.2, -0.15) is 0 Å². The van der Waals surface area contributed by atoms with Crippen molar-refractivity contribution in [3.05, 3.63) is 0 Å². The van der Waals surface area contributed by atoms with Crippen LogP contribution in [0.4, 0.5) is 4.79 Å². The molecule has 1 saturated carbocycles. The normalized spacial score (nSPS) is 33.7. The number of hydrogen-bond acceptors (Lipinski definition) is 6. The molecule has 0 N–H and O–H groups in total. The minimum Gasteiger partial charge on any atom is -0.429 e. The number of hydroxylamine groups is 2. The number of nitrogens with zero attached hydrogens (tertiary/aromatic N) is 1. The number of amides is 2. The van der Waals surface area contributed by atoms with E-state index in [9.17, 15) is 14.4 Å². The summed E-state index contributed by atoms with van der Waals surface area (Å²) in [6, 6.07) is 0. The molecule has 3 aliphatic rings. The molecule has 2 saturated heterocycles. The molecule has 0 aromatic heterocycles. The molecule has 3 rings (SSSR count). The highest BCUT2D eigenvalue weighted by molar-refractivity contribution is 6.01. The number of rotatable bonds is 2. The number of ether oxygens (including phenoxy) is 2. The minimum atomic E-state index is -0.992. The SMILES string of the molecule is O=C(O[C@@H]1CC2CCO[C@@H]2C1)ON1C(=O)CCC1=O. The average Bonchev–Trinajstić information content (AvgIpc) is 2.99. The summed E-state index contributed by atoms with van der Waals surface area (Å²) >= 11 is 0. The van der Waals surface area contributed by atoms with Crippen molar-refractivity contribution in [2.24, 2.45) is 5.92 Å². The maximum atomic E-state index is 11.5. The van der Waals surface area contributed by atoms with Crippen LogP contribution in [0, 0.1) is 5.92 Å². The summed E-state index contributed by atoms with van der Waals surface area (Å²) in [5, 5.41) is 0.495. The molecule has 104 valence electrons. The fourth-order valence-electron chi connectivity index (χ4n) is 2.90. The molecule has 2 amide bonds. The number of carbonyl (C=O) groups excluding carboxylic acids is 3. The molecule has 0 radical (unpaired) electrons. The Morgan fingerprint density at radius 2 is 1.95 bits per heavy atom. The van der Waals surface area contributed by atoms with Crippen molar-refractivity contribution in [1.29, 1.82) is 0 Å². The highest BCUT2D eigenvalue weighted by Crippen LogP contribution is 2.37. The van der Waals surface area contributed by atoms with E-state index in [4.69, 9.17) is 9.47 Å². The van der Waals surface area contributed by atoms with Crippen LogP contribution in [-0.2, 0) is 23.9 Å². The Morgan fingerprint density at radius 3 is 2.63 bits per heavy atom. The largest absolute Gasteiger partial charge is 0.534 e. The number of imide groups is 1. The van der Waals surface area contributed by atoms with Gasteiger partial charge in [0.1, 0.15) is 6.10 Å². The molecule has 19 heavy (non-hydrogen) atoms. The predicted molar refractivity (Wildman–Crippen MR) is 59.5 cm³/mol. The van der Waals surface area contributed by atoms with Gasteiger partial charge in [-0.05, 0) is 18.8 Å². The van der Waals surface area contributed by atoms with Gasteiger partial charge in [-0.15, -0.1) is 0 Å². The van der Waals surface area contributed by atoms with E-state index in [1.165, 1.54) is 0 Å². The molecule has 3 fully saturated rings. The van der Waals surface area contributed by atoms with E-state index >= 15 is 0 Å². The van der Waals surface area contributed by atoms with Crippen LogP contribution < -0.4 is 0 Å². The van der Waals surface area contributed by atoms with E-state index in [1.54, 1.807) is 0 Å². The fourth-order valence-corrected chi connectivity index (χ4v) is 2.90. The molecule has 2 heterocycles. The highest BCUT2D eigenvalue weighted by Gasteiger charge is 2.41. The zero-order valence-electron chi connectivity index (χ0n) is 10.4. The third-order valence-corrected chi connectivity index (χ3v) is 3.84. The van der Waals surface area contributed by atoms with Crippen LogP contribution >= 0.6 is 0 Å². The summed E-state index contributed by atoms with van der Waals surface area (Å²) in [4.78, 5) is 38.7. The van der Waals surface area contributed by atoms with Crippen molar-refractivity contribution >= 4 is 18.0 Å². The quantitative estimate of drug-likeness (QED) is 0.544. The van der Waals surface area contributed by atoms with Crippen LogP contribution in [0.5, 0.6) is 0 Å². The molecule has 2 aliphatic heterocycles. The second-order valence-electron chi connectivity index (χ2n) is 5.09. The Labute approximate surface area is 109 Å². The molecular weight excluding hydrogens is 254 g/mol. The van der Waals surface area contributed by atoms with Crippen molar-refractivity contribution in [3.8, 4) is 0 Å².